The number of hydrogen-bond donors (Lipinski definition) is 2. The van der Waals surface area contributed by atoms with Crippen LogP contribution in [0.3, 0.4) is 0 Å². The van der Waals surface area contributed by atoms with Gasteiger partial charge < -0.3 is 20.1 Å². The summed E-state index contributed by atoms with van der Waals surface area (Å²) in [5.74, 6) is 0.887. The Kier molecular flexibility index (Phi) is 5.46. The molecule has 2 atom stereocenters. The van der Waals surface area contributed by atoms with E-state index in [4.69, 9.17) is 16.3 Å². The average Bonchev–Trinajstić information content (AvgIpc) is 3.26. The second-order valence-electron chi connectivity index (χ2n) is 6.33. The quantitative estimate of drug-likeness (QED) is 0.642. The molecule has 0 aromatic carbocycles. The summed E-state index contributed by atoms with van der Waals surface area (Å²) in [6, 6.07) is 3.67. The number of rotatable bonds is 4. The molecule has 2 aliphatic heterocycles. The first kappa shape index (κ1) is 17.0. The number of thiophene rings is 1. The number of guanidine groups is 1. The topological polar surface area (TPSA) is 57.1 Å². The predicted octanol–water partition coefficient (Wildman–Crippen LogP) is 2.51. The molecule has 5 nitrogen and oxygen atoms in total. The molecule has 3 rings (SSSR count). The largest absolute Gasteiger partial charge is 0.386 e. The van der Waals surface area contributed by atoms with Gasteiger partial charge in [0.05, 0.1) is 17.5 Å². The van der Waals surface area contributed by atoms with Crippen LogP contribution in [0.2, 0.25) is 4.34 Å². The van der Waals surface area contributed by atoms with Crippen LogP contribution in [0.15, 0.2) is 17.1 Å². The monoisotopic (exact) mass is 357 g/mol. The fourth-order valence-electron chi connectivity index (χ4n) is 3.28. The Morgan fingerprint density at radius 1 is 1.57 bits per heavy atom. The van der Waals surface area contributed by atoms with Gasteiger partial charge in [-0.05, 0) is 31.9 Å². The van der Waals surface area contributed by atoms with Crippen LogP contribution in [0.5, 0.6) is 0 Å². The lowest BCUT2D eigenvalue weighted by Gasteiger charge is -2.25. The maximum absolute atomic E-state index is 10.3. The minimum absolute atomic E-state index is 0.302. The van der Waals surface area contributed by atoms with E-state index in [2.05, 4.69) is 22.1 Å². The second kappa shape index (κ2) is 7.38. The minimum atomic E-state index is -0.604. The number of likely N-dealkylation sites (tertiary alicyclic amines) is 1. The summed E-state index contributed by atoms with van der Waals surface area (Å²) >= 11 is 7.33. The minimum Gasteiger partial charge on any atom is -0.386 e. The maximum Gasteiger partial charge on any atom is 0.194 e. The van der Waals surface area contributed by atoms with Crippen molar-refractivity contribution in [3.8, 4) is 0 Å². The highest BCUT2D eigenvalue weighted by atomic mass is 35.5. The van der Waals surface area contributed by atoms with E-state index in [-0.39, 0.29) is 0 Å². The first-order chi connectivity index (χ1) is 11.1. The summed E-state index contributed by atoms with van der Waals surface area (Å²) in [6.45, 7) is 6.95. The molecule has 2 aliphatic rings. The first-order valence-electron chi connectivity index (χ1n) is 8.16. The van der Waals surface area contributed by atoms with Gasteiger partial charge in [0.1, 0.15) is 6.10 Å². The molecular weight excluding hydrogens is 334 g/mol. The Morgan fingerprint density at radius 3 is 3.09 bits per heavy atom. The zero-order chi connectivity index (χ0) is 16.3. The van der Waals surface area contributed by atoms with Gasteiger partial charge in [-0.25, -0.2) is 0 Å². The van der Waals surface area contributed by atoms with E-state index in [1.54, 1.807) is 0 Å². The number of hydrogen-bond acceptors (Lipinski definition) is 4. The Balaban J connectivity index is 1.64. The normalized spacial score (nSPS) is 26.2. The van der Waals surface area contributed by atoms with Gasteiger partial charge in [-0.2, -0.15) is 0 Å². The van der Waals surface area contributed by atoms with Crippen molar-refractivity contribution in [3.05, 3.63) is 21.3 Å². The van der Waals surface area contributed by atoms with Gasteiger partial charge in [0.15, 0.2) is 5.96 Å². The third kappa shape index (κ3) is 3.99. The molecule has 1 aromatic heterocycles. The highest BCUT2D eigenvalue weighted by molar-refractivity contribution is 7.16. The summed E-state index contributed by atoms with van der Waals surface area (Å²) < 4.78 is 6.28. The summed E-state index contributed by atoms with van der Waals surface area (Å²) in [6.07, 6.45) is 1.69. The van der Waals surface area contributed by atoms with Crippen LogP contribution in [0.1, 0.15) is 30.7 Å². The summed E-state index contributed by atoms with van der Waals surface area (Å²) in [5.41, 5.74) is 0.302. The van der Waals surface area contributed by atoms with Crippen LogP contribution >= 0.6 is 22.9 Å². The molecule has 1 spiro atoms. The molecule has 23 heavy (non-hydrogen) atoms. The van der Waals surface area contributed by atoms with Crippen molar-refractivity contribution in [3.63, 3.8) is 0 Å². The molecule has 3 heterocycles. The summed E-state index contributed by atoms with van der Waals surface area (Å²) in [7, 11) is 0. The van der Waals surface area contributed by atoms with Crippen LogP contribution in [-0.2, 0) is 4.74 Å². The zero-order valence-corrected chi connectivity index (χ0v) is 15.0. The van der Waals surface area contributed by atoms with Gasteiger partial charge in [0.25, 0.3) is 0 Å². The highest BCUT2D eigenvalue weighted by Crippen LogP contribution is 2.38. The van der Waals surface area contributed by atoms with Gasteiger partial charge >= 0.3 is 0 Å². The third-order valence-corrected chi connectivity index (χ3v) is 5.93. The Hall–Kier alpha value is -0.820. The molecule has 0 radical (unpaired) electrons. The molecule has 2 unspecified atom stereocenters. The van der Waals surface area contributed by atoms with Gasteiger partial charge in [0, 0.05) is 36.5 Å². The number of nitrogens with one attached hydrogen (secondary N) is 1. The highest BCUT2D eigenvalue weighted by Gasteiger charge is 2.42. The number of aliphatic hydroxyl groups is 1. The van der Waals surface area contributed by atoms with Crippen molar-refractivity contribution < 1.29 is 9.84 Å². The van der Waals surface area contributed by atoms with E-state index in [0.717, 1.165) is 56.5 Å². The van der Waals surface area contributed by atoms with Crippen LogP contribution in [0.4, 0.5) is 0 Å². The molecule has 1 aromatic rings. The molecule has 2 fully saturated rings. The first-order valence-corrected chi connectivity index (χ1v) is 9.36. The Labute approximate surface area is 146 Å². The number of halogens is 1. The SMILES string of the molecule is CCNC(=NCC(O)c1ccc(Cl)s1)N1CCC2(CCOC2)C1. The zero-order valence-electron chi connectivity index (χ0n) is 13.4. The van der Waals surface area contributed by atoms with Crippen LogP contribution < -0.4 is 5.32 Å². The maximum atomic E-state index is 10.3. The lowest BCUT2D eigenvalue weighted by atomic mass is 9.87. The lowest BCUT2D eigenvalue weighted by Crippen LogP contribution is -2.41. The van der Waals surface area contributed by atoms with Crippen molar-refractivity contribution in [2.45, 2.75) is 25.9 Å². The Bertz CT molecular complexity index is 557. The molecule has 0 amide bonds. The molecule has 2 N–H and O–H groups in total. The second-order valence-corrected chi connectivity index (χ2v) is 8.07. The number of aliphatic imine (C=N–C) groups is 1. The predicted molar refractivity (Wildman–Crippen MR) is 94.3 cm³/mol. The fourth-order valence-corrected chi connectivity index (χ4v) is 4.32. The van der Waals surface area contributed by atoms with E-state index in [0.29, 0.717) is 16.3 Å². The molecule has 0 saturated carbocycles. The fraction of sp³-hybridized carbons (Fsp3) is 0.688. The van der Waals surface area contributed by atoms with Crippen molar-refractivity contribution in [2.24, 2.45) is 10.4 Å². The summed E-state index contributed by atoms with van der Waals surface area (Å²) in [4.78, 5) is 7.80. The van der Waals surface area contributed by atoms with Crippen molar-refractivity contribution >= 4 is 28.9 Å². The smallest absolute Gasteiger partial charge is 0.194 e. The third-order valence-electron chi connectivity index (χ3n) is 4.59. The van der Waals surface area contributed by atoms with E-state index < -0.39 is 6.10 Å². The van der Waals surface area contributed by atoms with Crippen molar-refractivity contribution in [1.29, 1.82) is 0 Å². The van der Waals surface area contributed by atoms with E-state index >= 15 is 0 Å². The summed E-state index contributed by atoms with van der Waals surface area (Å²) in [5, 5.41) is 13.6. The number of aliphatic hydroxyl groups excluding tert-OH is 1. The molecule has 7 heteroatoms. The number of ether oxygens (including phenoxy) is 1. The van der Waals surface area contributed by atoms with E-state index in [9.17, 15) is 5.11 Å². The molecular formula is C16H24ClN3O2S. The van der Waals surface area contributed by atoms with Gasteiger partial charge in [0.2, 0.25) is 0 Å². The van der Waals surface area contributed by atoms with Gasteiger partial charge in [-0.1, -0.05) is 11.6 Å². The number of nitrogens with zero attached hydrogens (tertiary/aromatic N) is 2. The van der Waals surface area contributed by atoms with Crippen LogP contribution in [0.25, 0.3) is 0 Å². The average molecular weight is 358 g/mol. The molecule has 128 valence electrons. The van der Waals surface area contributed by atoms with E-state index in [1.165, 1.54) is 11.3 Å². The lowest BCUT2D eigenvalue weighted by molar-refractivity contribution is 0.156. The van der Waals surface area contributed by atoms with Crippen molar-refractivity contribution in [1.82, 2.24) is 10.2 Å². The van der Waals surface area contributed by atoms with Gasteiger partial charge in [-0.3, -0.25) is 4.99 Å². The van der Waals surface area contributed by atoms with Crippen LogP contribution in [0, 0.1) is 5.41 Å². The van der Waals surface area contributed by atoms with Crippen molar-refractivity contribution in [2.75, 3.05) is 39.4 Å². The Morgan fingerprint density at radius 2 is 2.43 bits per heavy atom. The van der Waals surface area contributed by atoms with Gasteiger partial charge in [-0.15, -0.1) is 11.3 Å². The molecule has 2 saturated heterocycles. The van der Waals surface area contributed by atoms with Crippen LogP contribution in [-0.4, -0.2) is 55.4 Å². The standard InChI is InChI=1S/C16H24ClN3O2S/c1-2-18-15(19-9-12(21)13-3-4-14(17)23-13)20-7-5-16(10-20)6-8-22-11-16/h3-4,12,21H,2,5-11H2,1H3,(H,18,19). The molecule has 0 aliphatic carbocycles. The molecule has 0 bridgehead atoms. The van der Waals surface area contributed by atoms with E-state index in [1.807, 2.05) is 12.1 Å².